The molecule has 2 aromatic carbocycles. The van der Waals surface area contributed by atoms with Crippen LogP contribution in [0.3, 0.4) is 0 Å². The fourth-order valence-electron chi connectivity index (χ4n) is 1.96. The summed E-state index contributed by atoms with van der Waals surface area (Å²) in [5.41, 5.74) is -0.903. The number of anilines is 1. The van der Waals surface area contributed by atoms with Crippen molar-refractivity contribution < 1.29 is 26.4 Å². The number of carbonyl (C=O) groups is 1. The Morgan fingerprint density at radius 3 is 2.24 bits per heavy atom. The maximum Gasteiger partial charge on any atom is 0.454 e. The maximum absolute atomic E-state index is 12.7. The predicted octanol–water partition coefficient (Wildman–Crippen LogP) is 3.41. The molecule has 0 unspecified atom stereocenters. The van der Waals surface area contributed by atoms with Crippen LogP contribution in [0.15, 0.2) is 47.4 Å². The van der Waals surface area contributed by atoms with E-state index in [1.165, 1.54) is 24.3 Å². The van der Waals surface area contributed by atoms with Gasteiger partial charge in [-0.15, -0.1) is 0 Å². The number of carbonyl (C=O) groups excluding carboxylic acids is 1. The third kappa shape index (κ3) is 4.16. The number of nitrogens with zero attached hydrogens (tertiary/aromatic N) is 1. The Labute approximate surface area is 141 Å². The van der Waals surface area contributed by atoms with Crippen molar-refractivity contribution in [3.63, 3.8) is 0 Å². The Morgan fingerprint density at radius 2 is 1.72 bits per heavy atom. The van der Waals surface area contributed by atoms with Crippen LogP contribution >= 0.6 is 0 Å². The van der Waals surface area contributed by atoms with Crippen molar-refractivity contribution in [1.82, 2.24) is 0 Å². The first-order valence-electron chi connectivity index (χ1n) is 6.80. The first-order chi connectivity index (χ1) is 11.5. The molecular weight excluding hydrogens is 357 g/mol. The molecule has 0 heterocycles. The SMILES string of the molecule is Cc1ccc(S(=O)(=O)Nc2ccc(C#N)cc2C(=O)C(F)(F)F)cc1. The minimum atomic E-state index is -5.21. The van der Waals surface area contributed by atoms with Crippen molar-refractivity contribution in [3.05, 3.63) is 59.2 Å². The molecule has 0 aromatic heterocycles. The zero-order valence-corrected chi connectivity index (χ0v) is 13.6. The number of halogens is 3. The molecule has 0 radical (unpaired) electrons. The highest BCUT2D eigenvalue weighted by molar-refractivity contribution is 7.92. The molecular formula is C16H11F3N2O3S. The average Bonchev–Trinajstić information content (AvgIpc) is 2.54. The molecule has 1 N–H and O–H groups in total. The minimum Gasteiger partial charge on any atom is -0.284 e. The zero-order chi connectivity index (χ0) is 18.8. The first-order valence-corrected chi connectivity index (χ1v) is 8.28. The smallest absolute Gasteiger partial charge is 0.284 e. The minimum absolute atomic E-state index is 0.173. The number of sulfonamides is 1. The Balaban J connectivity index is 2.50. The summed E-state index contributed by atoms with van der Waals surface area (Å²) in [5, 5.41) is 8.79. The van der Waals surface area contributed by atoms with Crippen LogP contribution in [0.2, 0.25) is 0 Å². The quantitative estimate of drug-likeness (QED) is 0.838. The molecule has 0 bridgehead atoms. The molecule has 0 spiro atoms. The van der Waals surface area contributed by atoms with Gasteiger partial charge in [-0.3, -0.25) is 9.52 Å². The van der Waals surface area contributed by atoms with Gasteiger partial charge >= 0.3 is 6.18 Å². The third-order valence-corrected chi connectivity index (χ3v) is 4.61. The van der Waals surface area contributed by atoms with Gasteiger partial charge in [0.15, 0.2) is 0 Å². The van der Waals surface area contributed by atoms with Gasteiger partial charge in [-0.25, -0.2) is 8.42 Å². The van der Waals surface area contributed by atoms with Crippen LogP contribution in [-0.2, 0) is 10.0 Å². The molecule has 2 rings (SSSR count). The lowest BCUT2D eigenvalue weighted by Crippen LogP contribution is -2.25. The molecule has 25 heavy (non-hydrogen) atoms. The summed E-state index contributed by atoms with van der Waals surface area (Å²) < 4.78 is 64.8. The third-order valence-electron chi connectivity index (χ3n) is 3.23. The molecule has 0 atom stereocenters. The largest absolute Gasteiger partial charge is 0.454 e. The molecule has 9 heteroatoms. The second-order valence-electron chi connectivity index (χ2n) is 5.12. The summed E-state index contributed by atoms with van der Waals surface area (Å²) >= 11 is 0. The van der Waals surface area contributed by atoms with Crippen LogP contribution in [-0.4, -0.2) is 20.4 Å². The van der Waals surface area contributed by atoms with Gasteiger partial charge in [0.25, 0.3) is 15.8 Å². The Hall–Kier alpha value is -2.86. The molecule has 0 amide bonds. The van der Waals surface area contributed by atoms with E-state index in [1.807, 2.05) is 4.72 Å². The molecule has 130 valence electrons. The van der Waals surface area contributed by atoms with Crippen LogP contribution in [0.4, 0.5) is 18.9 Å². The lowest BCUT2D eigenvalue weighted by Gasteiger charge is -2.14. The van der Waals surface area contributed by atoms with E-state index in [-0.39, 0.29) is 10.5 Å². The second kappa shape index (κ2) is 6.57. The van der Waals surface area contributed by atoms with E-state index in [0.717, 1.165) is 17.7 Å². The van der Waals surface area contributed by atoms with Gasteiger partial charge in [-0.1, -0.05) is 17.7 Å². The average molecular weight is 368 g/mol. The molecule has 0 saturated heterocycles. The maximum atomic E-state index is 12.7. The van der Waals surface area contributed by atoms with Crippen LogP contribution < -0.4 is 4.72 Å². The molecule has 0 saturated carbocycles. The summed E-state index contributed by atoms with van der Waals surface area (Å²) in [5.74, 6) is -2.24. The highest BCUT2D eigenvalue weighted by Gasteiger charge is 2.41. The number of nitriles is 1. The Morgan fingerprint density at radius 1 is 1.12 bits per heavy atom. The molecule has 0 aliphatic heterocycles. The predicted molar refractivity (Wildman–Crippen MR) is 83.5 cm³/mol. The van der Waals surface area contributed by atoms with Crippen molar-refractivity contribution in [3.8, 4) is 6.07 Å². The van der Waals surface area contributed by atoms with Gasteiger partial charge in [0.2, 0.25) is 0 Å². The number of ketones is 1. The van der Waals surface area contributed by atoms with Crippen LogP contribution in [0.25, 0.3) is 0 Å². The normalized spacial score (nSPS) is 11.6. The Bertz CT molecular complexity index is 960. The highest BCUT2D eigenvalue weighted by atomic mass is 32.2. The molecule has 2 aromatic rings. The monoisotopic (exact) mass is 368 g/mol. The van der Waals surface area contributed by atoms with E-state index in [1.54, 1.807) is 13.0 Å². The number of aryl methyl sites for hydroxylation is 1. The fraction of sp³-hybridized carbons (Fsp3) is 0.125. The van der Waals surface area contributed by atoms with Crippen molar-refractivity contribution in [2.45, 2.75) is 18.0 Å². The number of Topliss-reactive ketones (excluding diaryl/α,β-unsaturated/α-hetero) is 1. The lowest BCUT2D eigenvalue weighted by atomic mass is 10.1. The highest BCUT2D eigenvalue weighted by Crippen LogP contribution is 2.28. The van der Waals surface area contributed by atoms with Crippen LogP contribution in [0.1, 0.15) is 21.5 Å². The van der Waals surface area contributed by atoms with E-state index in [9.17, 15) is 26.4 Å². The van der Waals surface area contributed by atoms with Gasteiger partial charge in [-0.2, -0.15) is 18.4 Å². The van der Waals surface area contributed by atoms with Crippen molar-refractivity contribution in [2.24, 2.45) is 0 Å². The second-order valence-corrected chi connectivity index (χ2v) is 6.80. The van der Waals surface area contributed by atoms with E-state index < -0.39 is 33.2 Å². The summed E-state index contributed by atoms with van der Waals surface area (Å²) in [6.07, 6.45) is -5.21. The number of alkyl halides is 3. The molecule has 5 nitrogen and oxygen atoms in total. The van der Waals surface area contributed by atoms with Crippen LogP contribution in [0, 0.1) is 18.3 Å². The van der Waals surface area contributed by atoms with E-state index >= 15 is 0 Å². The number of benzene rings is 2. The van der Waals surface area contributed by atoms with Gasteiger partial charge in [0.1, 0.15) is 0 Å². The topological polar surface area (TPSA) is 87.0 Å². The molecule has 0 aliphatic carbocycles. The van der Waals surface area contributed by atoms with Gasteiger partial charge in [0, 0.05) is 0 Å². The number of hydrogen-bond acceptors (Lipinski definition) is 4. The zero-order valence-electron chi connectivity index (χ0n) is 12.8. The van der Waals surface area contributed by atoms with Gasteiger partial charge < -0.3 is 0 Å². The first kappa shape index (κ1) is 18.5. The summed E-state index contributed by atoms with van der Waals surface area (Å²) in [4.78, 5) is 11.4. The Kier molecular flexibility index (Phi) is 4.85. The summed E-state index contributed by atoms with van der Waals surface area (Å²) in [6.45, 7) is 1.74. The fourth-order valence-corrected chi connectivity index (χ4v) is 3.04. The number of hydrogen-bond donors (Lipinski definition) is 1. The van der Waals surface area contributed by atoms with Gasteiger partial charge in [0.05, 0.1) is 27.8 Å². The van der Waals surface area contributed by atoms with E-state index in [2.05, 4.69) is 0 Å². The van der Waals surface area contributed by atoms with Gasteiger partial charge in [-0.05, 0) is 37.3 Å². The number of nitrogens with one attached hydrogen (secondary N) is 1. The molecule has 0 aliphatic rings. The van der Waals surface area contributed by atoms with Crippen LogP contribution in [0.5, 0.6) is 0 Å². The molecule has 0 fully saturated rings. The van der Waals surface area contributed by atoms with Crippen molar-refractivity contribution in [1.29, 1.82) is 5.26 Å². The number of rotatable bonds is 4. The summed E-state index contributed by atoms with van der Waals surface area (Å²) in [7, 11) is -4.20. The van der Waals surface area contributed by atoms with E-state index in [0.29, 0.717) is 6.07 Å². The van der Waals surface area contributed by atoms with Crippen molar-refractivity contribution >= 4 is 21.5 Å². The summed E-state index contributed by atoms with van der Waals surface area (Å²) in [6, 6.07) is 9.98. The van der Waals surface area contributed by atoms with E-state index in [4.69, 9.17) is 5.26 Å². The lowest BCUT2D eigenvalue weighted by molar-refractivity contribution is -0.0884. The van der Waals surface area contributed by atoms with Crippen molar-refractivity contribution in [2.75, 3.05) is 4.72 Å². The standard InChI is InChI=1S/C16H11F3N2O3S/c1-10-2-5-12(6-3-10)25(23,24)21-14-7-4-11(9-20)8-13(14)15(22)16(17,18)19/h2-8,21H,1H3.